The maximum atomic E-state index is 11.2. The first-order chi connectivity index (χ1) is 7.17. The number of methoxy groups -OCH3 is 1. The van der Waals surface area contributed by atoms with E-state index in [-0.39, 0.29) is 11.7 Å². The zero-order chi connectivity index (χ0) is 11.3. The topological polar surface area (TPSA) is 77.2 Å². The predicted octanol–water partition coefficient (Wildman–Crippen LogP) is 0.627. The number of rotatable bonds is 4. The number of carbonyl (C=O) groups is 1. The van der Waals surface area contributed by atoms with Crippen LogP contribution >= 0.6 is 0 Å². The van der Waals surface area contributed by atoms with Gasteiger partial charge in [-0.25, -0.2) is 9.78 Å². The minimum Gasteiger partial charge on any atom is -0.464 e. The Morgan fingerprint density at radius 3 is 3.07 bits per heavy atom. The third-order valence-electron chi connectivity index (χ3n) is 1.92. The molecule has 0 amide bonds. The third-order valence-corrected chi connectivity index (χ3v) is 1.92. The maximum absolute atomic E-state index is 11.2. The van der Waals surface area contributed by atoms with Crippen molar-refractivity contribution in [3.63, 3.8) is 0 Å². The molecule has 82 valence electrons. The van der Waals surface area contributed by atoms with Gasteiger partial charge in [0.15, 0.2) is 0 Å². The van der Waals surface area contributed by atoms with E-state index >= 15 is 0 Å². The molecule has 5 nitrogen and oxygen atoms in total. The lowest BCUT2D eigenvalue weighted by molar-refractivity contribution is 0.0594. The Labute approximate surface area is 88.6 Å². The summed E-state index contributed by atoms with van der Waals surface area (Å²) in [6, 6.07) is 3.56. The highest BCUT2D eigenvalue weighted by molar-refractivity contribution is 5.88. The molecule has 0 bridgehead atoms. The van der Waals surface area contributed by atoms with E-state index in [0.717, 1.165) is 5.69 Å². The first-order valence-electron chi connectivity index (χ1n) is 4.68. The summed E-state index contributed by atoms with van der Waals surface area (Å²) in [6.45, 7) is 2.48. The molecule has 0 fully saturated rings. The summed E-state index contributed by atoms with van der Waals surface area (Å²) < 4.78 is 4.57. The van der Waals surface area contributed by atoms with E-state index in [1.165, 1.54) is 7.11 Å². The van der Waals surface area contributed by atoms with Crippen molar-refractivity contribution in [2.24, 2.45) is 5.73 Å². The van der Waals surface area contributed by atoms with Gasteiger partial charge >= 0.3 is 5.97 Å². The summed E-state index contributed by atoms with van der Waals surface area (Å²) in [5.74, 6) is -0.445. The third kappa shape index (κ3) is 3.21. The highest BCUT2D eigenvalue weighted by Crippen LogP contribution is 2.09. The van der Waals surface area contributed by atoms with Crippen molar-refractivity contribution >= 4 is 11.7 Å². The van der Waals surface area contributed by atoms with Gasteiger partial charge in [-0.05, 0) is 19.1 Å². The molecule has 15 heavy (non-hydrogen) atoms. The van der Waals surface area contributed by atoms with E-state index in [1.54, 1.807) is 18.3 Å². The highest BCUT2D eigenvalue weighted by atomic mass is 16.5. The fourth-order valence-corrected chi connectivity index (χ4v) is 1.08. The number of ether oxygens (including phenoxy) is 1. The van der Waals surface area contributed by atoms with Crippen molar-refractivity contribution in [1.29, 1.82) is 0 Å². The Morgan fingerprint density at radius 2 is 2.47 bits per heavy atom. The van der Waals surface area contributed by atoms with Crippen LogP contribution in [0.5, 0.6) is 0 Å². The average molecular weight is 209 g/mol. The summed E-state index contributed by atoms with van der Waals surface area (Å²) in [7, 11) is 1.33. The van der Waals surface area contributed by atoms with Gasteiger partial charge in [0, 0.05) is 24.5 Å². The van der Waals surface area contributed by atoms with Gasteiger partial charge in [0.2, 0.25) is 0 Å². The molecular formula is C10H15N3O2. The largest absolute Gasteiger partial charge is 0.464 e. The summed E-state index contributed by atoms with van der Waals surface area (Å²) >= 11 is 0. The van der Waals surface area contributed by atoms with Crippen molar-refractivity contribution in [3.8, 4) is 0 Å². The number of esters is 1. The van der Waals surface area contributed by atoms with E-state index in [2.05, 4.69) is 15.0 Å². The van der Waals surface area contributed by atoms with E-state index < -0.39 is 5.97 Å². The molecule has 1 aromatic rings. The summed E-state index contributed by atoms with van der Waals surface area (Å²) in [4.78, 5) is 15.1. The van der Waals surface area contributed by atoms with Gasteiger partial charge in [-0.2, -0.15) is 0 Å². The standard InChI is InChI=1S/C10H15N3O2/c1-7(6-11)13-8-3-4-12-9(5-8)10(14)15-2/h3-5,7H,6,11H2,1-2H3,(H,12,13). The predicted molar refractivity (Wildman–Crippen MR) is 57.7 cm³/mol. The molecule has 0 saturated heterocycles. The van der Waals surface area contributed by atoms with Crippen LogP contribution in [0.15, 0.2) is 18.3 Å². The number of hydrogen-bond acceptors (Lipinski definition) is 5. The van der Waals surface area contributed by atoms with E-state index in [1.807, 2.05) is 6.92 Å². The van der Waals surface area contributed by atoms with Crippen LogP contribution in [-0.2, 0) is 4.74 Å². The zero-order valence-electron chi connectivity index (χ0n) is 8.86. The summed E-state index contributed by atoms with van der Waals surface area (Å²) in [6.07, 6.45) is 1.55. The molecule has 1 rings (SSSR count). The molecule has 3 N–H and O–H groups in total. The number of aromatic nitrogens is 1. The molecule has 1 aromatic heterocycles. The second-order valence-corrected chi connectivity index (χ2v) is 3.20. The van der Waals surface area contributed by atoms with Crippen LogP contribution in [-0.4, -0.2) is 30.6 Å². The molecule has 0 aliphatic rings. The fraction of sp³-hybridized carbons (Fsp3) is 0.400. The van der Waals surface area contributed by atoms with Crippen molar-refractivity contribution in [1.82, 2.24) is 4.98 Å². The summed E-state index contributed by atoms with van der Waals surface area (Å²) in [5.41, 5.74) is 6.57. The Morgan fingerprint density at radius 1 is 1.73 bits per heavy atom. The molecule has 5 heteroatoms. The Balaban J connectivity index is 2.78. The molecule has 0 spiro atoms. The minimum absolute atomic E-state index is 0.151. The average Bonchev–Trinajstić information content (AvgIpc) is 2.28. The van der Waals surface area contributed by atoms with Crippen LogP contribution in [0, 0.1) is 0 Å². The lowest BCUT2D eigenvalue weighted by atomic mass is 10.2. The van der Waals surface area contributed by atoms with E-state index in [0.29, 0.717) is 6.54 Å². The fourth-order valence-electron chi connectivity index (χ4n) is 1.08. The summed E-state index contributed by atoms with van der Waals surface area (Å²) in [5, 5.41) is 3.14. The number of nitrogens with two attached hydrogens (primary N) is 1. The van der Waals surface area contributed by atoms with Crippen LogP contribution in [0.4, 0.5) is 5.69 Å². The number of nitrogens with one attached hydrogen (secondary N) is 1. The molecule has 1 atom stereocenters. The molecule has 0 aliphatic carbocycles. The van der Waals surface area contributed by atoms with Gasteiger partial charge in [-0.1, -0.05) is 0 Å². The Hall–Kier alpha value is -1.62. The Kier molecular flexibility index (Phi) is 4.05. The molecule has 0 radical (unpaired) electrons. The minimum atomic E-state index is -0.445. The smallest absolute Gasteiger partial charge is 0.356 e. The number of nitrogens with zero attached hydrogens (tertiary/aromatic N) is 1. The number of hydrogen-bond donors (Lipinski definition) is 2. The van der Waals surface area contributed by atoms with Crippen LogP contribution in [0.3, 0.4) is 0 Å². The number of anilines is 1. The van der Waals surface area contributed by atoms with Gasteiger partial charge < -0.3 is 15.8 Å². The second kappa shape index (κ2) is 5.31. The van der Waals surface area contributed by atoms with Crippen LogP contribution in [0.2, 0.25) is 0 Å². The van der Waals surface area contributed by atoms with E-state index in [4.69, 9.17) is 5.73 Å². The molecule has 1 unspecified atom stereocenters. The van der Waals surface area contributed by atoms with Crippen LogP contribution in [0.1, 0.15) is 17.4 Å². The van der Waals surface area contributed by atoms with Gasteiger partial charge in [0.05, 0.1) is 7.11 Å². The van der Waals surface area contributed by atoms with Gasteiger partial charge in [-0.15, -0.1) is 0 Å². The Bertz CT molecular complexity index is 341. The van der Waals surface area contributed by atoms with Crippen LogP contribution < -0.4 is 11.1 Å². The van der Waals surface area contributed by atoms with Gasteiger partial charge in [0.1, 0.15) is 5.69 Å². The van der Waals surface area contributed by atoms with Crippen molar-refractivity contribution in [3.05, 3.63) is 24.0 Å². The molecule has 0 aliphatic heterocycles. The lowest BCUT2D eigenvalue weighted by Gasteiger charge is -2.12. The van der Waals surface area contributed by atoms with E-state index in [9.17, 15) is 4.79 Å². The number of pyridine rings is 1. The first-order valence-corrected chi connectivity index (χ1v) is 4.68. The normalized spacial score (nSPS) is 11.9. The maximum Gasteiger partial charge on any atom is 0.356 e. The molecular weight excluding hydrogens is 194 g/mol. The second-order valence-electron chi connectivity index (χ2n) is 3.20. The van der Waals surface area contributed by atoms with Gasteiger partial charge in [-0.3, -0.25) is 0 Å². The monoisotopic (exact) mass is 209 g/mol. The lowest BCUT2D eigenvalue weighted by Crippen LogP contribution is -2.25. The molecule has 0 saturated carbocycles. The van der Waals surface area contributed by atoms with Gasteiger partial charge in [0.25, 0.3) is 0 Å². The first kappa shape index (κ1) is 11.5. The van der Waals surface area contributed by atoms with Crippen LogP contribution in [0.25, 0.3) is 0 Å². The number of carbonyl (C=O) groups excluding carboxylic acids is 1. The highest BCUT2D eigenvalue weighted by Gasteiger charge is 2.08. The van der Waals surface area contributed by atoms with Crippen molar-refractivity contribution < 1.29 is 9.53 Å². The molecule has 0 aromatic carbocycles. The SMILES string of the molecule is COC(=O)c1cc(NC(C)CN)ccn1. The quantitative estimate of drug-likeness (QED) is 0.711. The van der Waals surface area contributed by atoms with Crippen molar-refractivity contribution in [2.75, 3.05) is 19.0 Å². The van der Waals surface area contributed by atoms with Crippen molar-refractivity contribution in [2.45, 2.75) is 13.0 Å². The zero-order valence-corrected chi connectivity index (χ0v) is 8.86. The molecule has 1 heterocycles.